The lowest BCUT2D eigenvalue weighted by molar-refractivity contribution is -0.125. The van der Waals surface area contributed by atoms with Crippen molar-refractivity contribution in [2.75, 3.05) is 28.8 Å². The normalized spacial score (nSPS) is 14.8. The summed E-state index contributed by atoms with van der Waals surface area (Å²) < 4.78 is 5.70. The third kappa shape index (κ3) is 6.63. The molecule has 38 heavy (non-hydrogen) atoms. The second kappa shape index (κ2) is 12.0. The van der Waals surface area contributed by atoms with E-state index in [0.29, 0.717) is 22.1 Å². The van der Waals surface area contributed by atoms with Crippen molar-refractivity contribution < 1.29 is 19.1 Å². The number of hydrogen-bond acceptors (Lipinski definition) is 5. The van der Waals surface area contributed by atoms with Crippen LogP contribution in [-0.2, 0) is 20.8 Å². The van der Waals surface area contributed by atoms with E-state index in [1.807, 2.05) is 56.3 Å². The number of hydrazine groups is 1. The number of aryl methyl sites for hydroxylation is 3. The van der Waals surface area contributed by atoms with Crippen molar-refractivity contribution >= 4 is 46.4 Å². The van der Waals surface area contributed by atoms with E-state index in [2.05, 4.69) is 23.1 Å². The number of ether oxygens (including phenoxy) is 1. The Bertz CT molecular complexity index is 1340. The van der Waals surface area contributed by atoms with E-state index in [1.165, 1.54) is 5.56 Å². The average molecular weight is 535 g/mol. The van der Waals surface area contributed by atoms with Gasteiger partial charge in [-0.1, -0.05) is 36.7 Å². The average Bonchev–Trinajstić information content (AvgIpc) is 3.30. The molecule has 1 atom stereocenters. The largest absolute Gasteiger partial charge is 0.482 e. The topological polar surface area (TPSA) is 99.8 Å². The number of rotatable bonds is 9. The van der Waals surface area contributed by atoms with Crippen LogP contribution in [0.2, 0.25) is 5.02 Å². The molecule has 1 aliphatic heterocycles. The van der Waals surface area contributed by atoms with Gasteiger partial charge in [-0.25, -0.2) is 0 Å². The van der Waals surface area contributed by atoms with Crippen LogP contribution >= 0.6 is 11.6 Å². The van der Waals surface area contributed by atoms with Gasteiger partial charge >= 0.3 is 0 Å². The van der Waals surface area contributed by atoms with Crippen LogP contribution in [0, 0.1) is 19.8 Å². The molecule has 3 N–H and O–H groups in total. The molecule has 3 aromatic rings. The predicted octanol–water partition coefficient (Wildman–Crippen LogP) is 5.03. The predicted molar refractivity (Wildman–Crippen MR) is 150 cm³/mol. The third-order valence-electron chi connectivity index (χ3n) is 6.56. The van der Waals surface area contributed by atoms with Crippen LogP contribution in [0.5, 0.6) is 5.75 Å². The minimum atomic E-state index is -0.520. The molecule has 1 aliphatic rings. The summed E-state index contributed by atoms with van der Waals surface area (Å²) in [4.78, 5) is 39.5. The van der Waals surface area contributed by atoms with Crippen molar-refractivity contribution in [1.29, 1.82) is 0 Å². The summed E-state index contributed by atoms with van der Waals surface area (Å²) in [6.07, 6.45) is 1.03. The van der Waals surface area contributed by atoms with E-state index in [1.54, 1.807) is 23.1 Å². The van der Waals surface area contributed by atoms with Gasteiger partial charge in [-0.2, -0.15) is 0 Å². The fourth-order valence-corrected chi connectivity index (χ4v) is 4.33. The van der Waals surface area contributed by atoms with Crippen LogP contribution in [0.4, 0.5) is 17.1 Å². The molecule has 9 heteroatoms. The highest BCUT2D eigenvalue weighted by atomic mass is 35.5. The van der Waals surface area contributed by atoms with Crippen molar-refractivity contribution in [3.63, 3.8) is 0 Å². The third-order valence-corrected chi connectivity index (χ3v) is 6.80. The number of nitrogens with one attached hydrogen (secondary N) is 3. The van der Waals surface area contributed by atoms with Gasteiger partial charge in [-0.3, -0.25) is 25.2 Å². The fraction of sp³-hybridized carbons (Fsp3) is 0.276. The maximum absolute atomic E-state index is 12.9. The van der Waals surface area contributed by atoms with Gasteiger partial charge < -0.3 is 15.0 Å². The SMILES string of the molecule is CCc1ccc(N2C[C@H](C(=O)NNc3cc(Cl)ccc3OCC(=O)Nc3ccc(C)c(C)c3)CC2=O)cc1. The van der Waals surface area contributed by atoms with E-state index < -0.39 is 5.92 Å². The molecule has 0 aromatic heterocycles. The van der Waals surface area contributed by atoms with Crippen LogP contribution in [0.3, 0.4) is 0 Å². The van der Waals surface area contributed by atoms with Gasteiger partial charge in [0.2, 0.25) is 11.8 Å². The first-order valence-corrected chi connectivity index (χ1v) is 12.9. The van der Waals surface area contributed by atoms with E-state index in [4.69, 9.17) is 16.3 Å². The smallest absolute Gasteiger partial charge is 0.262 e. The lowest BCUT2D eigenvalue weighted by atomic mass is 10.1. The van der Waals surface area contributed by atoms with Crippen molar-refractivity contribution in [1.82, 2.24) is 5.43 Å². The summed E-state index contributed by atoms with van der Waals surface area (Å²) in [7, 11) is 0. The molecule has 1 heterocycles. The number of hydrogen-bond donors (Lipinski definition) is 3. The Balaban J connectivity index is 1.33. The second-order valence-corrected chi connectivity index (χ2v) is 9.75. The van der Waals surface area contributed by atoms with Crippen LogP contribution in [0.1, 0.15) is 30.0 Å². The lowest BCUT2D eigenvalue weighted by Gasteiger charge is -2.18. The van der Waals surface area contributed by atoms with Gasteiger partial charge in [-0.05, 0) is 79.4 Å². The Hall–Kier alpha value is -4.04. The molecule has 1 fully saturated rings. The molecule has 198 valence electrons. The number of benzene rings is 3. The molecule has 0 aliphatic carbocycles. The second-order valence-electron chi connectivity index (χ2n) is 9.32. The zero-order chi connectivity index (χ0) is 27.2. The van der Waals surface area contributed by atoms with Crippen molar-refractivity contribution in [3.05, 3.63) is 82.4 Å². The number of nitrogens with zero attached hydrogens (tertiary/aromatic N) is 1. The molecule has 0 unspecified atom stereocenters. The van der Waals surface area contributed by atoms with E-state index in [9.17, 15) is 14.4 Å². The van der Waals surface area contributed by atoms with E-state index in [0.717, 1.165) is 23.2 Å². The Labute approximate surface area is 227 Å². The minimum absolute atomic E-state index is 0.101. The van der Waals surface area contributed by atoms with Crippen LogP contribution < -0.4 is 25.8 Å². The fourth-order valence-electron chi connectivity index (χ4n) is 4.16. The lowest BCUT2D eigenvalue weighted by Crippen LogP contribution is -2.36. The maximum Gasteiger partial charge on any atom is 0.262 e. The summed E-state index contributed by atoms with van der Waals surface area (Å²) >= 11 is 6.15. The molecule has 0 radical (unpaired) electrons. The van der Waals surface area contributed by atoms with E-state index in [-0.39, 0.29) is 37.3 Å². The quantitative estimate of drug-likeness (QED) is 0.334. The monoisotopic (exact) mass is 534 g/mol. The molecule has 4 rings (SSSR count). The molecule has 0 bridgehead atoms. The highest BCUT2D eigenvalue weighted by Gasteiger charge is 2.35. The van der Waals surface area contributed by atoms with Crippen molar-refractivity contribution in [3.8, 4) is 5.75 Å². The van der Waals surface area contributed by atoms with Gasteiger partial charge in [0.05, 0.1) is 11.6 Å². The van der Waals surface area contributed by atoms with Crippen LogP contribution in [0.25, 0.3) is 0 Å². The number of halogens is 1. The first-order valence-electron chi connectivity index (χ1n) is 12.5. The van der Waals surface area contributed by atoms with Crippen LogP contribution in [-0.4, -0.2) is 30.9 Å². The first-order chi connectivity index (χ1) is 18.2. The molecule has 0 saturated carbocycles. The van der Waals surface area contributed by atoms with Crippen molar-refractivity contribution in [2.24, 2.45) is 5.92 Å². The number of amides is 3. The number of carbonyl (C=O) groups excluding carboxylic acids is 3. The summed E-state index contributed by atoms with van der Waals surface area (Å²) in [5.41, 5.74) is 10.7. The molecular formula is C29H31ClN4O4. The Kier molecular flexibility index (Phi) is 8.53. The van der Waals surface area contributed by atoms with Crippen LogP contribution in [0.15, 0.2) is 60.7 Å². The maximum atomic E-state index is 12.9. The highest BCUT2D eigenvalue weighted by molar-refractivity contribution is 6.31. The van der Waals surface area contributed by atoms with E-state index >= 15 is 0 Å². The molecule has 3 amide bonds. The summed E-state index contributed by atoms with van der Waals surface area (Å²) in [6, 6.07) is 18.3. The summed E-state index contributed by atoms with van der Waals surface area (Å²) in [6.45, 7) is 6.10. The highest BCUT2D eigenvalue weighted by Crippen LogP contribution is 2.29. The van der Waals surface area contributed by atoms with Gasteiger partial charge in [0.15, 0.2) is 6.61 Å². The molecular weight excluding hydrogens is 504 g/mol. The molecule has 3 aromatic carbocycles. The molecule has 1 saturated heterocycles. The van der Waals surface area contributed by atoms with Gasteiger partial charge in [0.1, 0.15) is 5.75 Å². The van der Waals surface area contributed by atoms with Gasteiger partial charge in [0.25, 0.3) is 5.91 Å². The Morgan fingerprint density at radius 1 is 1.03 bits per heavy atom. The van der Waals surface area contributed by atoms with Gasteiger partial charge in [-0.15, -0.1) is 0 Å². The number of anilines is 3. The van der Waals surface area contributed by atoms with Crippen molar-refractivity contribution in [2.45, 2.75) is 33.6 Å². The minimum Gasteiger partial charge on any atom is -0.482 e. The molecule has 0 spiro atoms. The number of carbonyl (C=O) groups is 3. The molecule has 8 nitrogen and oxygen atoms in total. The first kappa shape index (κ1) is 27.0. The Morgan fingerprint density at radius 3 is 2.50 bits per heavy atom. The standard InChI is InChI=1S/C29H31ClN4O4/c1-4-20-6-10-24(11-7-20)34-16-21(14-28(34)36)29(37)33-32-25-15-22(30)8-12-26(25)38-17-27(35)31-23-9-5-18(2)19(3)13-23/h5-13,15,21,32H,4,14,16-17H2,1-3H3,(H,31,35)(H,33,37)/t21-/m1/s1. The Morgan fingerprint density at radius 2 is 1.79 bits per heavy atom. The summed E-state index contributed by atoms with van der Waals surface area (Å²) in [5.74, 6) is -0.937. The zero-order valence-corrected chi connectivity index (χ0v) is 22.4. The van der Waals surface area contributed by atoms with Gasteiger partial charge in [0, 0.05) is 29.4 Å². The zero-order valence-electron chi connectivity index (χ0n) is 21.6. The summed E-state index contributed by atoms with van der Waals surface area (Å²) in [5, 5.41) is 3.23.